The summed E-state index contributed by atoms with van der Waals surface area (Å²) in [5.74, 6) is 5.82. The molecule has 1 rings (SSSR count). The molecular weight excluding hydrogens is 234 g/mol. The fourth-order valence-electron chi connectivity index (χ4n) is 1.12. The van der Waals surface area contributed by atoms with Crippen LogP contribution < -0.4 is 26.1 Å². The molecule has 0 aromatic heterocycles. The number of benzene rings is 1. The molecule has 0 heterocycles. The predicted molar refractivity (Wildman–Crippen MR) is 60.9 cm³/mol. The van der Waals surface area contributed by atoms with Crippen molar-refractivity contribution < 1.29 is 14.3 Å². The molecule has 2 amide bonds. The highest BCUT2D eigenvalue weighted by molar-refractivity contribution is 6.32. The van der Waals surface area contributed by atoms with Gasteiger partial charge in [0.2, 0.25) is 0 Å². The number of halogens is 1. The number of hydrogen-bond acceptors (Lipinski definition) is 4. The first kappa shape index (κ1) is 12.4. The molecule has 0 aliphatic heterocycles. The Morgan fingerprint density at radius 2 is 1.94 bits per heavy atom. The van der Waals surface area contributed by atoms with Crippen LogP contribution in [0, 0.1) is 0 Å². The lowest BCUT2D eigenvalue weighted by Crippen LogP contribution is -2.34. The second-order valence-electron chi connectivity index (χ2n) is 2.79. The third-order valence-corrected chi connectivity index (χ3v) is 2.15. The van der Waals surface area contributed by atoms with Crippen molar-refractivity contribution in [2.45, 2.75) is 0 Å². The number of nitrogens with two attached hydrogens (primary N) is 1. The highest BCUT2D eigenvalue weighted by Gasteiger charge is 2.11. The van der Waals surface area contributed by atoms with E-state index in [0.29, 0.717) is 22.2 Å². The van der Waals surface area contributed by atoms with Crippen LogP contribution in [0.4, 0.5) is 10.5 Å². The first-order chi connectivity index (χ1) is 7.62. The number of ether oxygens (including phenoxy) is 2. The molecule has 0 saturated heterocycles. The Balaban J connectivity index is 3.08. The van der Waals surface area contributed by atoms with Crippen molar-refractivity contribution in [2.75, 3.05) is 19.5 Å². The van der Waals surface area contributed by atoms with Crippen LogP contribution in [-0.4, -0.2) is 20.3 Å². The standard InChI is InChI=1S/C9H12ClN3O3/c1-15-7-4-8(16-2)6(3-5(7)10)12-9(14)13-11/h3-4H,11H2,1-2H3,(H2,12,13,14). The fraction of sp³-hybridized carbons (Fsp3) is 0.222. The zero-order valence-electron chi connectivity index (χ0n) is 8.83. The van der Waals surface area contributed by atoms with E-state index in [1.165, 1.54) is 20.3 Å². The van der Waals surface area contributed by atoms with E-state index in [1.807, 2.05) is 5.43 Å². The number of urea groups is 1. The maximum atomic E-state index is 11.0. The minimum absolute atomic E-state index is 0.357. The summed E-state index contributed by atoms with van der Waals surface area (Å²) in [6.07, 6.45) is 0. The summed E-state index contributed by atoms with van der Waals surface area (Å²) in [6, 6.07) is 2.50. The van der Waals surface area contributed by atoms with Gasteiger partial charge in [-0.3, -0.25) is 5.43 Å². The highest BCUT2D eigenvalue weighted by atomic mass is 35.5. The summed E-state index contributed by atoms with van der Waals surface area (Å²) in [7, 11) is 2.95. The summed E-state index contributed by atoms with van der Waals surface area (Å²) in [6.45, 7) is 0. The van der Waals surface area contributed by atoms with Gasteiger partial charge in [0, 0.05) is 6.07 Å². The van der Waals surface area contributed by atoms with Gasteiger partial charge in [-0.1, -0.05) is 11.6 Å². The molecule has 0 radical (unpaired) electrons. The number of methoxy groups -OCH3 is 2. The smallest absolute Gasteiger partial charge is 0.333 e. The van der Waals surface area contributed by atoms with E-state index in [1.54, 1.807) is 6.07 Å². The predicted octanol–water partition coefficient (Wildman–Crippen LogP) is 1.35. The second kappa shape index (κ2) is 5.43. The number of hydrogen-bond donors (Lipinski definition) is 3. The SMILES string of the molecule is COc1cc(OC)c(NC(=O)NN)cc1Cl. The third-order valence-electron chi connectivity index (χ3n) is 1.85. The Morgan fingerprint density at radius 3 is 2.44 bits per heavy atom. The number of carbonyl (C=O) groups is 1. The van der Waals surface area contributed by atoms with E-state index < -0.39 is 6.03 Å². The van der Waals surface area contributed by atoms with Gasteiger partial charge < -0.3 is 14.8 Å². The molecule has 0 bridgehead atoms. The van der Waals surface area contributed by atoms with E-state index >= 15 is 0 Å². The number of nitrogens with one attached hydrogen (secondary N) is 2. The number of carbonyl (C=O) groups excluding carboxylic acids is 1. The molecule has 1 aromatic carbocycles. The molecule has 1 aromatic rings. The zero-order chi connectivity index (χ0) is 12.1. The molecule has 6 nitrogen and oxygen atoms in total. The molecule has 7 heteroatoms. The van der Waals surface area contributed by atoms with Crippen molar-refractivity contribution in [2.24, 2.45) is 5.84 Å². The van der Waals surface area contributed by atoms with Crippen LogP contribution in [0.1, 0.15) is 0 Å². The molecule has 4 N–H and O–H groups in total. The summed E-state index contributed by atoms with van der Waals surface area (Å²) in [5.41, 5.74) is 2.33. The zero-order valence-corrected chi connectivity index (χ0v) is 9.59. The molecule has 0 saturated carbocycles. The van der Waals surface area contributed by atoms with E-state index in [9.17, 15) is 4.79 Å². The van der Waals surface area contributed by atoms with E-state index in [-0.39, 0.29) is 0 Å². The van der Waals surface area contributed by atoms with Crippen molar-refractivity contribution in [3.8, 4) is 11.5 Å². The van der Waals surface area contributed by atoms with Gasteiger partial charge in [-0.2, -0.15) is 0 Å². The summed E-state index contributed by atoms with van der Waals surface area (Å²) < 4.78 is 10.1. The van der Waals surface area contributed by atoms with Gasteiger partial charge in [-0.25, -0.2) is 10.6 Å². The molecule has 16 heavy (non-hydrogen) atoms. The Bertz CT molecular complexity index is 398. The van der Waals surface area contributed by atoms with Crippen LogP contribution in [0.5, 0.6) is 11.5 Å². The highest BCUT2D eigenvalue weighted by Crippen LogP contribution is 2.35. The molecule has 0 unspecified atom stereocenters. The minimum atomic E-state index is -0.570. The quantitative estimate of drug-likeness (QED) is 0.426. The molecule has 0 fully saturated rings. The van der Waals surface area contributed by atoms with E-state index in [0.717, 1.165) is 0 Å². The van der Waals surface area contributed by atoms with Crippen molar-refractivity contribution in [1.29, 1.82) is 0 Å². The van der Waals surface area contributed by atoms with E-state index in [4.69, 9.17) is 26.9 Å². The lowest BCUT2D eigenvalue weighted by molar-refractivity contribution is 0.252. The number of hydrazine groups is 1. The van der Waals surface area contributed by atoms with Crippen molar-refractivity contribution in [3.05, 3.63) is 17.2 Å². The molecule has 0 aliphatic rings. The molecular formula is C9H12ClN3O3. The van der Waals surface area contributed by atoms with Gasteiger partial charge in [0.25, 0.3) is 0 Å². The first-order valence-electron chi connectivity index (χ1n) is 4.31. The van der Waals surface area contributed by atoms with Gasteiger partial charge in [0.15, 0.2) is 0 Å². The van der Waals surface area contributed by atoms with Crippen LogP contribution in [-0.2, 0) is 0 Å². The third kappa shape index (κ3) is 2.68. The Hall–Kier alpha value is -1.66. The van der Waals surface area contributed by atoms with Crippen LogP contribution >= 0.6 is 11.6 Å². The van der Waals surface area contributed by atoms with Gasteiger partial charge in [-0.05, 0) is 6.07 Å². The van der Waals surface area contributed by atoms with Crippen molar-refractivity contribution >= 4 is 23.3 Å². The topological polar surface area (TPSA) is 85.6 Å². The van der Waals surface area contributed by atoms with Gasteiger partial charge in [0.1, 0.15) is 11.5 Å². The number of amides is 2. The van der Waals surface area contributed by atoms with Crippen LogP contribution in [0.2, 0.25) is 5.02 Å². The Labute approximate surface area is 97.6 Å². The second-order valence-corrected chi connectivity index (χ2v) is 3.19. The lowest BCUT2D eigenvalue weighted by atomic mass is 10.2. The van der Waals surface area contributed by atoms with Crippen LogP contribution in [0.15, 0.2) is 12.1 Å². The number of rotatable bonds is 3. The van der Waals surface area contributed by atoms with Gasteiger partial charge >= 0.3 is 6.03 Å². The molecule has 88 valence electrons. The summed E-state index contributed by atoms with van der Waals surface area (Å²) >= 11 is 5.90. The molecule has 0 spiro atoms. The van der Waals surface area contributed by atoms with Gasteiger partial charge in [0.05, 0.1) is 24.9 Å². The van der Waals surface area contributed by atoms with Crippen molar-refractivity contribution in [3.63, 3.8) is 0 Å². The van der Waals surface area contributed by atoms with Crippen molar-refractivity contribution in [1.82, 2.24) is 5.43 Å². The van der Waals surface area contributed by atoms with Crippen LogP contribution in [0.25, 0.3) is 0 Å². The molecule has 0 atom stereocenters. The largest absolute Gasteiger partial charge is 0.495 e. The van der Waals surface area contributed by atoms with E-state index in [2.05, 4.69) is 5.32 Å². The first-order valence-corrected chi connectivity index (χ1v) is 4.69. The fourth-order valence-corrected chi connectivity index (χ4v) is 1.36. The lowest BCUT2D eigenvalue weighted by Gasteiger charge is -2.12. The Kier molecular flexibility index (Phi) is 4.21. The molecule has 0 aliphatic carbocycles. The average molecular weight is 246 g/mol. The number of anilines is 1. The average Bonchev–Trinajstić information content (AvgIpc) is 2.29. The maximum absolute atomic E-state index is 11.0. The summed E-state index contributed by atoms with van der Waals surface area (Å²) in [4.78, 5) is 11.0. The normalized spacial score (nSPS) is 9.50. The minimum Gasteiger partial charge on any atom is -0.495 e. The van der Waals surface area contributed by atoms with Crippen LogP contribution in [0.3, 0.4) is 0 Å². The summed E-state index contributed by atoms with van der Waals surface area (Å²) in [5, 5.41) is 2.82. The maximum Gasteiger partial charge on any atom is 0.333 e. The Morgan fingerprint density at radius 1 is 1.31 bits per heavy atom. The van der Waals surface area contributed by atoms with Gasteiger partial charge in [-0.15, -0.1) is 0 Å². The monoisotopic (exact) mass is 245 g/mol.